The normalized spacial score (nSPS) is 12.4. The molecule has 1 aromatic carbocycles. The van der Waals surface area contributed by atoms with Crippen LogP contribution >= 0.6 is 22.6 Å². The summed E-state index contributed by atoms with van der Waals surface area (Å²) < 4.78 is 78.4. The second kappa shape index (κ2) is 4.78. The predicted molar refractivity (Wildman–Crippen MR) is 52.5 cm³/mol. The fraction of sp³-hybridized carbons (Fsp3) is 0.250. The van der Waals surface area contributed by atoms with Gasteiger partial charge in [0.05, 0.1) is 3.57 Å². The summed E-state index contributed by atoms with van der Waals surface area (Å²) in [5.74, 6) is -2.06. The lowest BCUT2D eigenvalue weighted by atomic mass is 10.3. The van der Waals surface area contributed by atoms with E-state index in [0.717, 1.165) is 18.2 Å². The maximum Gasteiger partial charge on any atom is 0.573 e. The number of hydrogen-bond donors (Lipinski definition) is 0. The number of para-hydroxylation sites is 1. The Morgan fingerprint density at radius 3 is 1.88 bits per heavy atom. The molecule has 0 aliphatic carbocycles. The van der Waals surface area contributed by atoms with Gasteiger partial charge in [0.2, 0.25) is 0 Å². The molecule has 0 bridgehead atoms. The van der Waals surface area contributed by atoms with Crippen molar-refractivity contribution in [3.8, 4) is 11.5 Å². The maximum atomic E-state index is 12.0. The van der Waals surface area contributed by atoms with Gasteiger partial charge in [-0.3, -0.25) is 0 Å². The third-order valence-corrected chi connectivity index (χ3v) is 2.22. The largest absolute Gasteiger partial charge is 0.573 e. The molecule has 0 heterocycles. The van der Waals surface area contributed by atoms with Crippen LogP contribution in [0.15, 0.2) is 18.2 Å². The van der Waals surface area contributed by atoms with Gasteiger partial charge < -0.3 is 9.47 Å². The van der Waals surface area contributed by atoms with Gasteiger partial charge in [0.15, 0.2) is 11.5 Å². The van der Waals surface area contributed by atoms with Gasteiger partial charge in [0.25, 0.3) is 0 Å². The van der Waals surface area contributed by atoms with Gasteiger partial charge in [-0.1, -0.05) is 6.07 Å². The smallest absolute Gasteiger partial charge is 0.402 e. The van der Waals surface area contributed by atoms with Crippen molar-refractivity contribution < 1.29 is 35.8 Å². The minimum atomic E-state index is -5.09. The summed E-state index contributed by atoms with van der Waals surface area (Å²) in [7, 11) is 0. The van der Waals surface area contributed by atoms with Gasteiger partial charge >= 0.3 is 12.7 Å². The van der Waals surface area contributed by atoms with Crippen LogP contribution in [0.1, 0.15) is 0 Å². The molecule has 96 valence electrons. The van der Waals surface area contributed by atoms with Crippen LogP contribution in [0.4, 0.5) is 26.3 Å². The zero-order valence-corrected chi connectivity index (χ0v) is 9.85. The van der Waals surface area contributed by atoms with E-state index in [4.69, 9.17) is 0 Å². The van der Waals surface area contributed by atoms with Crippen molar-refractivity contribution in [3.63, 3.8) is 0 Å². The van der Waals surface area contributed by atoms with E-state index < -0.39 is 24.2 Å². The fourth-order valence-corrected chi connectivity index (χ4v) is 1.49. The van der Waals surface area contributed by atoms with Gasteiger partial charge in [-0.25, -0.2) is 0 Å². The first-order valence-electron chi connectivity index (χ1n) is 3.88. The third-order valence-electron chi connectivity index (χ3n) is 1.37. The van der Waals surface area contributed by atoms with E-state index in [1.54, 1.807) is 0 Å². The topological polar surface area (TPSA) is 18.5 Å². The van der Waals surface area contributed by atoms with Crippen LogP contribution in [-0.4, -0.2) is 12.7 Å². The van der Waals surface area contributed by atoms with Crippen LogP contribution < -0.4 is 9.47 Å². The summed E-state index contributed by atoms with van der Waals surface area (Å²) in [5.41, 5.74) is 0. The minimum absolute atomic E-state index is 0.151. The number of alkyl halides is 6. The van der Waals surface area contributed by atoms with Gasteiger partial charge in [0, 0.05) is 0 Å². The van der Waals surface area contributed by atoms with E-state index in [-0.39, 0.29) is 3.57 Å². The Morgan fingerprint density at radius 2 is 1.41 bits per heavy atom. The van der Waals surface area contributed by atoms with E-state index in [2.05, 4.69) is 9.47 Å². The Kier molecular flexibility index (Phi) is 3.99. The Bertz CT molecular complexity index is 400. The monoisotopic (exact) mass is 372 g/mol. The third kappa shape index (κ3) is 4.88. The second-order valence-electron chi connectivity index (χ2n) is 2.66. The number of halogens is 7. The molecule has 0 spiro atoms. The summed E-state index contributed by atoms with van der Waals surface area (Å²) in [5, 5.41) is 0. The Hall–Kier alpha value is -0.870. The molecule has 1 aromatic rings. The Balaban J connectivity index is 3.09. The average Bonchev–Trinajstić information content (AvgIpc) is 2.07. The molecule has 0 N–H and O–H groups in total. The second-order valence-corrected chi connectivity index (χ2v) is 3.82. The first-order valence-corrected chi connectivity index (χ1v) is 4.96. The molecular formula is C8H3F6IO2. The zero-order valence-electron chi connectivity index (χ0n) is 7.69. The van der Waals surface area contributed by atoms with Crippen molar-refractivity contribution in [2.45, 2.75) is 12.7 Å². The first-order chi connectivity index (χ1) is 7.58. The summed E-state index contributed by atoms with van der Waals surface area (Å²) in [6, 6.07) is 3.01. The van der Waals surface area contributed by atoms with Crippen LogP contribution in [0, 0.1) is 3.57 Å². The van der Waals surface area contributed by atoms with Gasteiger partial charge in [-0.15, -0.1) is 26.3 Å². The standard InChI is InChI=1S/C8H3F6IO2/c9-7(10,11)16-5-3-1-2-4(15)6(5)17-8(12,13)14/h1-3H. The molecule has 0 unspecified atom stereocenters. The van der Waals surface area contributed by atoms with Crippen molar-refractivity contribution in [2.75, 3.05) is 0 Å². The molecule has 0 atom stereocenters. The number of benzene rings is 1. The lowest BCUT2D eigenvalue weighted by Crippen LogP contribution is -2.21. The van der Waals surface area contributed by atoms with Crippen molar-refractivity contribution in [2.24, 2.45) is 0 Å². The lowest BCUT2D eigenvalue weighted by Gasteiger charge is -2.16. The summed E-state index contributed by atoms with van der Waals surface area (Å²) in [6.45, 7) is 0. The molecule has 0 aliphatic rings. The van der Waals surface area contributed by atoms with E-state index in [9.17, 15) is 26.3 Å². The number of ether oxygens (including phenoxy) is 2. The van der Waals surface area contributed by atoms with Crippen molar-refractivity contribution in [1.82, 2.24) is 0 Å². The van der Waals surface area contributed by atoms with E-state index in [1.807, 2.05) is 0 Å². The van der Waals surface area contributed by atoms with E-state index in [1.165, 1.54) is 22.6 Å². The Labute approximate surface area is 105 Å². The lowest BCUT2D eigenvalue weighted by molar-refractivity contribution is -0.287. The van der Waals surface area contributed by atoms with Gasteiger partial charge in [-0.2, -0.15) is 0 Å². The van der Waals surface area contributed by atoms with Crippen molar-refractivity contribution in [3.05, 3.63) is 21.8 Å². The summed E-state index contributed by atoms with van der Waals surface area (Å²) >= 11 is 1.41. The van der Waals surface area contributed by atoms with Crippen LogP contribution in [0.3, 0.4) is 0 Å². The highest BCUT2D eigenvalue weighted by atomic mass is 127. The molecule has 2 nitrogen and oxygen atoms in total. The van der Waals surface area contributed by atoms with Gasteiger partial charge in [0.1, 0.15) is 0 Å². The number of rotatable bonds is 2. The highest BCUT2D eigenvalue weighted by Crippen LogP contribution is 2.38. The fourth-order valence-electron chi connectivity index (χ4n) is 0.909. The molecule has 1 rings (SSSR count). The van der Waals surface area contributed by atoms with Crippen LogP contribution in [0.5, 0.6) is 11.5 Å². The first kappa shape index (κ1) is 14.2. The van der Waals surface area contributed by atoms with E-state index >= 15 is 0 Å². The SMILES string of the molecule is FC(F)(F)Oc1cccc(I)c1OC(F)(F)F. The maximum absolute atomic E-state index is 12.0. The highest BCUT2D eigenvalue weighted by molar-refractivity contribution is 14.1. The summed E-state index contributed by atoms with van der Waals surface area (Å²) in [4.78, 5) is 0. The molecule has 17 heavy (non-hydrogen) atoms. The van der Waals surface area contributed by atoms with Gasteiger partial charge in [-0.05, 0) is 34.7 Å². The quantitative estimate of drug-likeness (QED) is 0.575. The zero-order chi connectivity index (χ0) is 13.3. The molecule has 0 aromatic heterocycles. The average molecular weight is 372 g/mol. The molecule has 0 saturated carbocycles. The molecule has 9 heteroatoms. The molecule has 0 radical (unpaired) electrons. The van der Waals surface area contributed by atoms with Crippen molar-refractivity contribution in [1.29, 1.82) is 0 Å². The highest BCUT2D eigenvalue weighted by Gasteiger charge is 2.37. The molecule has 0 amide bonds. The van der Waals surface area contributed by atoms with Crippen LogP contribution in [0.2, 0.25) is 0 Å². The summed E-state index contributed by atoms with van der Waals surface area (Å²) in [6.07, 6.45) is -10.2. The minimum Gasteiger partial charge on any atom is -0.402 e. The number of hydrogen-bond acceptors (Lipinski definition) is 2. The predicted octanol–water partition coefficient (Wildman–Crippen LogP) is 4.09. The van der Waals surface area contributed by atoms with Crippen LogP contribution in [0.25, 0.3) is 0 Å². The Morgan fingerprint density at radius 1 is 0.882 bits per heavy atom. The molecule has 0 fully saturated rings. The molecule has 0 aliphatic heterocycles. The van der Waals surface area contributed by atoms with Crippen LogP contribution in [-0.2, 0) is 0 Å². The molecule has 0 saturated heterocycles. The van der Waals surface area contributed by atoms with Crippen molar-refractivity contribution >= 4 is 22.6 Å². The molecular weight excluding hydrogens is 369 g/mol. The van der Waals surface area contributed by atoms with E-state index in [0.29, 0.717) is 0 Å².